The van der Waals surface area contributed by atoms with Crippen LogP contribution in [0.3, 0.4) is 0 Å². The Labute approximate surface area is 303 Å². The monoisotopic (exact) mass is 759 g/mol. The van der Waals surface area contributed by atoms with Crippen molar-refractivity contribution in [2.24, 2.45) is 0 Å². The third kappa shape index (κ3) is 27.8. The first-order chi connectivity index (χ1) is 24.9. The van der Waals surface area contributed by atoms with Crippen molar-refractivity contribution in [3.63, 3.8) is 0 Å². The third-order valence-electron chi connectivity index (χ3n) is 6.04. The van der Waals surface area contributed by atoms with Crippen molar-refractivity contribution < 1.29 is 79.6 Å². The van der Waals surface area contributed by atoms with Gasteiger partial charge in [0.1, 0.15) is 18.0 Å². The van der Waals surface area contributed by atoms with Gasteiger partial charge in [0.25, 0.3) is 0 Å². The van der Waals surface area contributed by atoms with Crippen molar-refractivity contribution in [1.82, 2.24) is 5.32 Å². The van der Waals surface area contributed by atoms with E-state index in [1.807, 2.05) is 0 Å². The van der Waals surface area contributed by atoms with E-state index in [1.54, 1.807) is 20.8 Å². The largest absolute Gasteiger partial charge is 0.491 e. The summed E-state index contributed by atoms with van der Waals surface area (Å²) in [4.78, 5) is 23.1. The van der Waals surface area contributed by atoms with Gasteiger partial charge in [-0.1, -0.05) is 0 Å². The van der Waals surface area contributed by atoms with E-state index in [2.05, 4.69) is 10.1 Å². The van der Waals surface area contributed by atoms with Crippen LogP contribution in [0.2, 0.25) is 0 Å². The second-order valence-electron chi connectivity index (χ2n) is 11.5. The minimum absolute atomic E-state index is 0.0166. The van der Waals surface area contributed by atoms with Crippen LogP contribution in [-0.2, 0) is 58.3 Å². The Hall–Kier alpha value is -2.81. The summed E-state index contributed by atoms with van der Waals surface area (Å²) in [5, 5.41) is 2.61. The van der Waals surface area contributed by atoms with Gasteiger partial charge in [0, 0.05) is 6.54 Å². The summed E-state index contributed by atoms with van der Waals surface area (Å²) >= 11 is 0. The fourth-order valence-corrected chi connectivity index (χ4v) is 3.70. The molecular formula is C34H56F3NO14. The molecule has 0 bridgehead atoms. The molecule has 0 aromatic heterocycles. The van der Waals surface area contributed by atoms with E-state index in [4.69, 9.17) is 52.1 Å². The van der Waals surface area contributed by atoms with Crippen molar-refractivity contribution in [1.29, 1.82) is 0 Å². The normalized spacial score (nSPS) is 11.8. The summed E-state index contributed by atoms with van der Waals surface area (Å²) in [5.74, 6) is -1.01. The molecule has 0 saturated carbocycles. The number of benzene rings is 1. The average Bonchev–Trinajstić information content (AvgIpc) is 3.09. The Morgan fingerprint density at radius 3 is 1.27 bits per heavy atom. The SMILES string of the molecule is COC(=O)c1cc(OCCOCCOCCOCCOCCOCCOCCOCCOCCOCCNC(=O)OC(C)(C)C)cc(C(F)(F)F)c1. The fourth-order valence-electron chi connectivity index (χ4n) is 3.70. The predicted octanol–water partition coefficient (Wildman–Crippen LogP) is 3.54. The maximum atomic E-state index is 13.1. The van der Waals surface area contributed by atoms with Crippen LogP contribution in [0.15, 0.2) is 18.2 Å². The van der Waals surface area contributed by atoms with Crippen molar-refractivity contribution in [3.8, 4) is 5.75 Å². The number of carbonyl (C=O) groups is 2. The Morgan fingerprint density at radius 2 is 0.923 bits per heavy atom. The molecule has 1 aromatic carbocycles. The van der Waals surface area contributed by atoms with E-state index < -0.39 is 29.4 Å². The molecule has 1 rings (SSSR count). The lowest BCUT2D eigenvalue weighted by molar-refractivity contribution is -0.137. The minimum Gasteiger partial charge on any atom is -0.491 e. The molecule has 1 N–H and O–H groups in total. The molecule has 0 aliphatic heterocycles. The number of methoxy groups -OCH3 is 1. The first-order valence-electron chi connectivity index (χ1n) is 17.0. The maximum Gasteiger partial charge on any atom is 0.416 e. The molecule has 0 heterocycles. The molecule has 52 heavy (non-hydrogen) atoms. The number of hydrogen-bond acceptors (Lipinski definition) is 14. The quantitative estimate of drug-likeness (QED) is 0.0841. The molecular weight excluding hydrogens is 703 g/mol. The summed E-state index contributed by atoms with van der Waals surface area (Å²) in [6.07, 6.45) is -5.11. The Kier molecular flexibility index (Phi) is 26.9. The molecule has 0 atom stereocenters. The van der Waals surface area contributed by atoms with Gasteiger partial charge in [-0.25, -0.2) is 9.59 Å². The smallest absolute Gasteiger partial charge is 0.416 e. The van der Waals surface area contributed by atoms with Crippen molar-refractivity contribution in [2.75, 3.05) is 139 Å². The Morgan fingerprint density at radius 1 is 0.558 bits per heavy atom. The van der Waals surface area contributed by atoms with E-state index in [0.717, 1.165) is 13.2 Å². The molecule has 0 radical (unpaired) electrons. The van der Waals surface area contributed by atoms with E-state index >= 15 is 0 Å². The summed E-state index contributed by atoms with van der Waals surface area (Å²) in [6, 6.07) is 2.70. The summed E-state index contributed by atoms with van der Waals surface area (Å²) in [5.41, 5.74) is -1.80. The first kappa shape index (κ1) is 47.2. The maximum absolute atomic E-state index is 13.1. The zero-order chi connectivity index (χ0) is 38.3. The van der Waals surface area contributed by atoms with E-state index in [0.29, 0.717) is 118 Å². The average molecular weight is 760 g/mol. The van der Waals surface area contributed by atoms with Gasteiger partial charge in [0.2, 0.25) is 0 Å². The van der Waals surface area contributed by atoms with Crippen LogP contribution in [0, 0.1) is 0 Å². The molecule has 15 nitrogen and oxygen atoms in total. The van der Waals surface area contributed by atoms with Crippen LogP contribution in [0.4, 0.5) is 18.0 Å². The van der Waals surface area contributed by atoms with Crippen molar-refractivity contribution in [2.45, 2.75) is 32.5 Å². The summed E-state index contributed by atoms with van der Waals surface area (Å²) in [7, 11) is 1.08. The molecule has 0 aliphatic rings. The van der Waals surface area contributed by atoms with Gasteiger partial charge in [-0.2, -0.15) is 13.2 Å². The van der Waals surface area contributed by atoms with Crippen LogP contribution in [0.1, 0.15) is 36.7 Å². The summed E-state index contributed by atoms with van der Waals surface area (Å²) in [6.45, 7) is 12.7. The number of carbonyl (C=O) groups excluding carboxylic acids is 2. The van der Waals surface area contributed by atoms with E-state index in [9.17, 15) is 22.8 Å². The lowest BCUT2D eigenvalue weighted by Crippen LogP contribution is -2.34. The molecule has 302 valence electrons. The molecule has 0 fully saturated rings. The second kappa shape index (κ2) is 29.6. The van der Waals surface area contributed by atoms with E-state index in [1.165, 1.54) is 6.07 Å². The fraction of sp³-hybridized carbons (Fsp3) is 0.765. The van der Waals surface area contributed by atoms with Gasteiger partial charge in [-0.05, 0) is 39.0 Å². The van der Waals surface area contributed by atoms with Gasteiger partial charge in [-0.3, -0.25) is 0 Å². The van der Waals surface area contributed by atoms with Crippen LogP contribution in [0.5, 0.6) is 5.75 Å². The number of nitrogens with one attached hydrogen (secondary N) is 1. The summed E-state index contributed by atoms with van der Waals surface area (Å²) < 4.78 is 103. The zero-order valence-corrected chi connectivity index (χ0v) is 30.7. The number of rotatable bonds is 32. The molecule has 0 saturated heterocycles. The third-order valence-corrected chi connectivity index (χ3v) is 6.04. The zero-order valence-electron chi connectivity index (χ0n) is 30.7. The highest BCUT2D eigenvalue weighted by Crippen LogP contribution is 2.33. The number of hydrogen-bond donors (Lipinski definition) is 1. The Bertz CT molecular complexity index is 1060. The molecule has 0 unspecified atom stereocenters. The van der Waals surface area contributed by atoms with Crippen LogP contribution >= 0.6 is 0 Å². The van der Waals surface area contributed by atoms with Crippen LogP contribution in [0.25, 0.3) is 0 Å². The van der Waals surface area contributed by atoms with Crippen LogP contribution in [-0.4, -0.2) is 157 Å². The molecule has 0 spiro atoms. The highest BCUT2D eigenvalue weighted by atomic mass is 19.4. The van der Waals surface area contributed by atoms with Crippen molar-refractivity contribution in [3.05, 3.63) is 29.3 Å². The van der Waals surface area contributed by atoms with Crippen molar-refractivity contribution >= 4 is 12.1 Å². The van der Waals surface area contributed by atoms with Gasteiger partial charge in [0.15, 0.2) is 0 Å². The number of alkyl carbamates (subject to hydrolysis) is 1. The number of halogens is 3. The second-order valence-corrected chi connectivity index (χ2v) is 11.5. The predicted molar refractivity (Wildman–Crippen MR) is 180 cm³/mol. The molecule has 1 aromatic rings. The van der Waals surface area contributed by atoms with Gasteiger partial charge >= 0.3 is 18.2 Å². The Balaban J connectivity index is 1.78. The first-order valence-corrected chi connectivity index (χ1v) is 17.0. The number of esters is 1. The van der Waals surface area contributed by atoms with Crippen LogP contribution < -0.4 is 10.1 Å². The van der Waals surface area contributed by atoms with Gasteiger partial charge in [0.05, 0.1) is 137 Å². The molecule has 1 amide bonds. The van der Waals surface area contributed by atoms with Gasteiger partial charge in [-0.15, -0.1) is 0 Å². The lowest BCUT2D eigenvalue weighted by Gasteiger charge is -2.19. The highest BCUT2D eigenvalue weighted by Gasteiger charge is 2.32. The molecule has 0 aliphatic carbocycles. The highest BCUT2D eigenvalue weighted by molar-refractivity contribution is 5.90. The molecule has 18 heteroatoms. The number of ether oxygens (including phenoxy) is 12. The van der Waals surface area contributed by atoms with Gasteiger partial charge < -0.3 is 62.2 Å². The minimum atomic E-state index is -4.64. The topological polar surface area (TPSA) is 157 Å². The number of alkyl halides is 3. The lowest BCUT2D eigenvalue weighted by atomic mass is 10.1. The van der Waals surface area contributed by atoms with E-state index in [-0.39, 0.29) is 31.1 Å². The standard InChI is InChI=1S/C34H56F3NO14/c1-33(2,3)52-32(40)38-5-6-42-7-8-43-9-10-44-11-12-45-13-14-46-15-16-47-17-18-48-19-20-49-21-22-50-23-24-51-30-26-28(31(39)41-4)25-29(27-30)34(35,36)37/h25-27H,5-24H2,1-4H3,(H,38,40). The number of amides is 1.